The van der Waals surface area contributed by atoms with Crippen molar-refractivity contribution in [1.29, 1.82) is 0 Å². The van der Waals surface area contributed by atoms with Gasteiger partial charge in [-0.05, 0) is 11.6 Å². The second-order valence-corrected chi connectivity index (χ2v) is 2.81. The van der Waals surface area contributed by atoms with Crippen LogP contribution in [0.15, 0.2) is 24.4 Å². The summed E-state index contributed by atoms with van der Waals surface area (Å²) >= 11 is 0. The number of nitrogens with zero attached hydrogens (tertiary/aromatic N) is 1. The number of hydrogen-bond acceptors (Lipinski definition) is 3. The Labute approximate surface area is 93.2 Å². The maximum atomic E-state index is 5.24. The third kappa shape index (κ3) is 1.35. The first-order valence-electron chi connectivity index (χ1n) is 3.99. The summed E-state index contributed by atoms with van der Waals surface area (Å²) in [5.74, 6) is 1.54. The van der Waals surface area contributed by atoms with Crippen LogP contribution in [-0.2, 0) is 0 Å². The molecule has 0 spiro atoms. The predicted molar refractivity (Wildman–Crippen MR) is 46.7 cm³/mol. The summed E-state index contributed by atoms with van der Waals surface area (Å²) in [7, 11) is 0. The third-order valence-electron chi connectivity index (χ3n) is 2.02. The number of fused-ring (bicyclic) bond motifs is 2. The van der Waals surface area contributed by atoms with Gasteiger partial charge in [-0.15, -0.1) is 17.5 Å². The molecule has 2 aromatic rings. The average molecular weight is 179 g/mol. The van der Waals surface area contributed by atoms with E-state index >= 15 is 0 Å². The molecule has 0 N–H and O–H groups in total. The van der Waals surface area contributed by atoms with Gasteiger partial charge in [-0.25, -0.2) is 0 Å². The van der Waals surface area contributed by atoms with Crippen molar-refractivity contribution in [1.82, 2.24) is 4.98 Å². The maximum absolute atomic E-state index is 5.24. The first-order valence-corrected chi connectivity index (χ1v) is 3.99. The van der Waals surface area contributed by atoms with Gasteiger partial charge < -0.3 is 14.5 Å². The van der Waals surface area contributed by atoms with Crippen LogP contribution >= 0.6 is 0 Å². The van der Waals surface area contributed by atoms with Gasteiger partial charge in [0.1, 0.15) is 11.5 Å². The molecule has 1 aliphatic rings. The molecular formula is C10H6LiNO2. The normalized spacial score (nSPS) is 12.6. The topological polar surface area (TPSA) is 31.4 Å². The van der Waals surface area contributed by atoms with Crippen LogP contribution in [0.1, 0.15) is 0 Å². The Morgan fingerprint density at radius 1 is 1.21 bits per heavy atom. The molecule has 0 amide bonds. The van der Waals surface area contributed by atoms with Crippen molar-refractivity contribution < 1.29 is 28.3 Å². The second kappa shape index (κ2) is 3.53. The summed E-state index contributed by atoms with van der Waals surface area (Å²) in [4.78, 5) is 4.19. The molecule has 64 valence electrons. The summed E-state index contributed by atoms with van der Waals surface area (Å²) in [5.41, 5.74) is 0.881. The van der Waals surface area contributed by atoms with Gasteiger partial charge in [0.05, 0.1) is 0 Å². The van der Waals surface area contributed by atoms with E-state index in [1.807, 2.05) is 12.1 Å². The summed E-state index contributed by atoms with van der Waals surface area (Å²) in [6, 6.07) is 8.63. The SMILES string of the molecule is [Li+].[c-]1ccnc2cc3c(cc12)OCO3. The van der Waals surface area contributed by atoms with E-state index in [2.05, 4.69) is 11.1 Å². The number of benzene rings is 1. The van der Waals surface area contributed by atoms with Gasteiger partial charge in [0.15, 0.2) is 0 Å². The molecule has 0 saturated heterocycles. The van der Waals surface area contributed by atoms with E-state index in [1.54, 1.807) is 12.3 Å². The fourth-order valence-corrected chi connectivity index (χ4v) is 1.40. The minimum Gasteiger partial charge on any atom is -0.463 e. The molecule has 0 fully saturated rings. The zero-order valence-corrected chi connectivity index (χ0v) is 7.78. The number of aromatic nitrogens is 1. The van der Waals surface area contributed by atoms with Crippen LogP contribution in [0.3, 0.4) is 0 Å². The molecule has 0 saturated carbocycles. The van der Waals surface area contributed by atoms with E-state index < -0.39 is 0 Å². The summed E-state index contributed by atoms with van der Waals surface area (Å²) < 4.78 is 10.5. The fraction of sp³-hybridized carbons (Fsp3) is 0.100. The van der Waals surface area contributed by atoms with Crippen molar-refractivity contribution in [2.24, 2.45) is 0 Å². The molecular weight excluding hydrogens is 173 g/mol. The van der Waals surface area contributed by atoms with E-state index in [4.69, 9.17) is 9.47 Å². The Kier molecular flexibility index (Phi) is 2.36. The van der Waals surface area contributed by atoms with E-state index in [0.717, 1.165) is 22.4 Å². The van der Waals surface area contributed by atoms with E-state index in [-0.39, 0.29) is 18.9 Å². The standard InChI is InChI=1S/C10H6NO2.Li/c1-2-7-4-9-10(13-6-12-9)5-8(7)11-3-1;/h1,3-5H,6H2;/q-1;+1. The van der Waals surface area contributed by atoms with Crippen LogP contribution in [-0.4, -0.2) is 11.8 Å². The smallest absolute Gasteiger partial charge is 0.463 e. The fourth-order valence-electron chi connectivity index (χ4n) is 1.40. The number of pyridine rings is 1. The van der Waals surface area contributed by atoms with E-state index in [0.29, 0.717) is 6.79 Å². The minimum atomic E-state index is 0. The quantitative estimate of drug-likeness (QED) is 0.374. The number of rotatable bonds is 0. The van der Waals surface area contributed by atoms with Crippen molar-refractivity contribution >= 4 is 10.9 Å². The van der Waals surface area contributed by atoms with Crippen LogP contribution in [0.5, 0.6) is 11.5 Å². The van der Waals surface area contributed by atoms with Crippen LogP contribution in [0, 0.1) is 6.07 Å². The molecule has 14 heavy (non-hydrogen) atoms. The van der Waals surface area contributed by atoms with Crippen LogP contribution in [0.25, 0.3) is 10.9 Å². The molecule has 0 bridgehead atoms. The average Bonchev–Trinajstić information content (AvgIpc) is 2.61. The molecule has 0 radical (unpaired) electrons. The largest absolute Gasteiger partial charge is 1.00 e. The van der Waals surface area contributed by atoms with Crippen molar-refractivity contribution in [2.75, 3.05) is 6.79 Å². The van der Waals surface area contributed by atoms with Crippen LogP contribution in [0.4, 0.5) is 0 Å². The van der Waals surface area contributed by atoms with Gasteiger partial charge in [-0.3, -0.25) is 0 Å². The molecule has 1 aromatic heterocycles. The Hall–Kier alpha value is -1.17. The number of ether oxygens (including phenoxy) is 2. The Morgan fingerprint density at radius 3 is 2.86 bits per heavy atom. The van der Waals surface area contributed by atoms with Gasteiger partial charge >= 0.3 is 18.9 Å². The molecule has 1 aromatic carbocycles. The molecule has 3 nitrogen and oxygen atoms in total. The van der Waals surface area contributed by atoms with Gasteiger partial charge in [-0.2, -0.15) is 0 Å². The Morgan fingerprint density at radius 2 is 2.00 bits per heavy atom. The predicted octanol–water partition coefficient (Wildman–Crippen LogP) is -1.23. The summed E-state index contributed by atoms with van der Waals surface area (Å²) in [6.07, 6.45) is 1.71. The Bertz CT molecular complexity index is 430. The number of hydrogen-bond donors (Lipinski definition) is 0. The van der Waals surface area contributed by atoms with Crippen molar-refractivity contribution in [3.05, 3.63) is 30.5 Å². The monoisotopic (exact) mass is 179 g/mol. The first kappa shape index (κ1) is 9.39. The second-order valence-electron chi connectivity index (χ2n) is 2.81. The van der Waals surface area contributed by atoms with Crippen molar-refractivity contribution in [2.45, 2.75) is 0 Å². The molecule has 0 unspecified atom stereocenters. The summed E-state index contributed by atoms with van der Waals surface area (Å²) in [6.45, 7) is 0.297. The molecule has 3 rings (SSSR count). The van der Waals surface area contributed by atoms with Gasteiger partial charge in [0.2, 0.25) is 6.79 Å². The van der Waals surface area contributed by atoms with Crippen LogP contribution in [0.2, 0.25) is 0 Å². The van der Waals surface area contributed by atoms with Crippen molar-refractivity contribution in [3.63, 3.8) is 0 Å². The zero-order valence-electron chi connectivity index (χ0n) is 7.78. The van der Waals surface area contributed by atoms with Crippen molar-refractivity contribution in [3.8, 4) is 11.5 Å². The summed E-state index contributed by atoms with van der Waals surface area (Å²) in [5, 5.41) is 0.951. The first-order chi connectivity index (χ1) is 6.43. The van der Waals surface area contributed by atoms with Crippen LogP contribution < -0.4 is 28.3 Å². The molecule has 0 atom stereocenters. The maximum Gasteiger partial charge on any atom is 1.00 e. The Balaban J connectivity index is 0.000000750. The van der Waals surface area contributed by atoms with E-state index in [1.165, 1.54) is 0 Å². The molecule has 1 aliphatic heterocycles. The zero-order chi connectivity index (χ0) is 8.67. The molecule has 0 aliphatic carbocycles. The van der Waals surface area contributed by atoms with Gasteiger partial charge in [0.25, 0.3) is 0 Å². The van der Waals surface area contributed by atoms with E-state index in [9.17, 15) is 0 Å². The van der Waals surface area contributed by atoms with Gasteiger partial charge in [0, 0.05) is 0 Å². The third-order valence-corrected chi connectivity index (χ3v) is 2.02. The molecule has 4 heteroatoms. The minimum absolute atomic E-state index is 0. The molecule has 2 heterocycles. The van der Waals surface area contributed by atoms with Gasteiger partial charge in [-0.1, -0.05) is 12.3 Å².